The van der Waals surface area contributed by atoms with Gasteiger partial charge in [-0.25, -0.2) is 13.2 Å². The Balaban J connectivity index is 1.60. The van der Waals surface area contributed by atoms with E-state index in [1.807, 2.05) is 20.8 Å². The summed E-state index contributed by atoms with van der Waals surface area (Å²) in [6.45, 7) is 9.91. The van der Waals surface area contributed by atoms with Crippen molar-refractivity contribution >= 4 is 32.8 Å². The van der Waals surface area contributed by atoms with Gasteiger partial charge in [0.1, 0.15) is 29.1 Å². The van der Waals surface area contributed by atoms with Gasteiger partial charge in [0.15, 0.2) is 6.10 Å². The van der Waals surface area contributed by atoms with Crippen molar-refractivity contribution in [3.63, 3.8) is 0 Å². The Bertz CT molecular complexity index is 1810. The number of nitrogens with zero attached hydrogens (tertiary/aromatic N) is 3. The number of esters is 2. The number of hydrogen-bond donors (Lipinski definition) is 2. The molecule has 0 saturated carbocycles. The van der Waals surface area contributed by atoms with Gasteiger partial charge in [-0.05, 0) is 60.7 Å². The van der Waals surface area contributed by atoms with Crippen LogP contribution in [0.3, 0.4) is 0 Å². The average Bonchev–Trinajstić information content (AvgIpc) is 3.41. The number of aromatic nitrogens is 3. The van der Waals surface area contributed by atoms with E-state index in [0.29, 0.717) is 22.2 Å². The fraction of sp³-hybridized carbons (Fsp3) is 0.312. The zero-order chi connectivity index (χ0) is 32.2. The van der Waals surface area contributed by atoms with E-state index in [9.17, 15) is 28.2 Å². The largest absolute Gasteiger partial charge is 0.505 e. The highest BCUT2D eigenvalue weighted by Crippen LogP contribution is 2.37. The Hall–Kier alpha value is -4.55. The molecule has 0 aliphatic carbocycles. The van der Waals surface area contributed by atoms with Crippen molar-refractivity contribution < 1.29 is 37.7 Å². The standard InChI is InChI=1S/C32H35N3O8S/c1-20(2)31(39)42-19-22(18-36)43-29(37)14-11-21-15-25(32(3,4)5)30(38)28(16-21)35-33-26-13-12-24(17-27(26)34-35)44(40,41)23-9-7-6-8-10-23/h6-10,12-13,15-17,22,36,38H,1,11,14,18-19H2,2-5H3. The van der Waals surface area contributed by atoms with Crippen LogP contribution in [-0.2, 0) is 40.7 Å². The smallest absolute Gasteiger partial charge is 0.333 e. The summed E-state index contributed by atoms with van der Waals surface area (Å²) in [5.41, 5.74) is 1.95. The molecule has 1 atom stereocenters. The van der Waals surface area contributed by atoms with Crippen molar-refractivity contribution in [2.24, 2.45) is 0 Å². The lowest BCUT2D eigenvalue weighted by molar-refractivity contribution is -0.159. The van der Waals surface area contributed by atoms with E-state index in [4.69, 9.17) is 9.47 Å². The van der Waals surface area contributed by atoms with E-state index < -0.39 is 39.9 Å². The van der Waals surface area contributed by atoms with Crippen LogP contribution < -0.4 is 0 Å². The number of rotatable bonds is 11. The molecule has 44 heavy (non-hydrogen) atoms. The predicted octanol–water partition coefficient (Wildman–Crippen LogP) is 4.21. The number of sulfone groups is 1. The number of carbonyl (C=O) groups is 2. The van der Waals surface area contributed by atoms with Crippen LogP contribution >= 0.6 is 0 Å². The lowest BCUT2D eigenvalue weighted by atomic mass is 9.84. The molecule has 0 aliphatic heterocycles. The third kappa shape index (κ3) is 7.32. The summed E-state index contributed by atoms with van der Waals surface area (Å²) < 4.78 is 36.5. The van der Waals surface area contributed by atoms with Gasteiger partial charge in [-0.3, -0.25) is 4.79 Å². The first kappa shape index (κ1) is 32.4. The molecule has 1 heterocycles. The van der Waals surface area contributed by atoms with E-state index in [2.05, 4.69) is 16.8 Å². The molecule has 12 heteroatoms. The number of ether oxygens (including phenoxy) is 2. The molecular weight excluding hydrogens is 586 g/mol. The van der Waals surface area contributed by atoms with Gasteiger partial charge in [-0.15, -0.1) is 15.0 Å². The van der Waals surface area contributed by atoms with Crippen molar-refractivity contribution in [2.75, 3.05) is 13.2 Å². The average molecular weight is 622 g/mol. The number of fused-ring (bicyclic) bond motifs is 1. The fourth-order valence-corrected chi connectivity index (χ4v) is 5.66. The number of benzene rings is 3. The van der Waals surface area contributed by atoms with Crippen LogP contribution in [0.4, 0.5) is 0 Å². The Morgan fingerprint density at radius 3 is 2.32 bits per heavy atom. The molecule has 0 aliphatic rings. The van der Waals surface area contributed by atoms with Crippen LogP contribution in [0.15, 0.2) is 82.6 Å². The van der Waals surface area contributed by atoms with Gasteiger partial charge in [0.25, 0.3) is 0 Å². The molecule has 11 nitrogen and oxygen atoms in total. The van der Waals surface area contributed by atoms with Crippen molar-refractivity contribution in [1.82, 2.24) is 15.0 Å². The predicted molar refractivity (Wildman–Crippen MR) is 162 cm³/mol. The first-order chi connectivity index (χ1) is 20.7. The number of aromatic hydroxyl groups is 1. The summed E-state index contributed by atoms with van der Waals surface area (Å²) in [5, 5.41) is 29.8. The molecule has 0 amide bonds. The Morgan fingerprint density at radius 2 is 1.68 bits per heavy atom. The SMILES string of the molecule is C=C(C)C(=O)OCC(CO)OC(=O)CCc1cc(-n2nc3ccc(S(=O)(=O)c4ccccc4)cc3n2)c(O)c(C(C)(C)C)c1. The summed E-state index contributed by atoms with van der Waals surface area (Å²) in [7, 11) is -3.78. The maximum Gasteiger partial charge on any atom is 0.333 e. The molecule has 4 rings (SSSR count). The molecule has 2 N–H and O–H groups in total. The van der Waals surface area contributed by atoms with E-state index >= 15 is 0 Å². The third-order valence-corrected chi connectivity index (χ3v) is 8.52. The normalized spacial score (nSPS) is 12.6. The molecule has 0 bridgehead atoms. The van der Waals surface area contributed by atoms with E-state index in [1.54, 1.807) is 36.4 Å². The minimum Gasteiger partial charge on any atom is -0.505 e. The van der Waals surface area contributed by atoms with Gasteiger partial charge in [0.2, 0.25) is 9.84 Å². The highest BCUT2D eigenvalue weighted by Gasteiger charge is 2.25. The number of hydrogen-bond acceptors (Lipinski definition) is 10. The highest BCUT2D eigenvalue weighted by molar-refractivity contribution is 7.91. The second kappa shape index (κ2) is 13.0. The molecule has 1 aromatic heterocycles. The molecule has 0 radical (unpaired) electrons. The summed E-state index contributed by atoms with van der Waals surface area (Å²) in [6.07, 6.45) is -0.866. The monoisotopic (exact) mass is 621 g/mol. The maximum atomic E-state index is 13.1. The molecule has 0 fully saturated rings. The van der Waals surface area contributed by atoms with Gasteiger partial charge >= 0.3 is 11.9 Å². The van der Waals surface area contributed by atoms with Gasteiger partial charge in [-0.2, -0.15) is 0 Å². The van der Waals surface area contributed by atoms with Crippen molar-refractivity contribution in [1.29, 1.82) is 0 Å². The van der Waals surface area contributed by atoms with Crippen LogP contribution in [0.2, 0.25) is 0 Å². The Morgan fingerprint density at radius 1 is 1.00 bits per heavy atom. The van der Waals surface area contributed by atoms with Crippen molar-refractivity contribution in [3.8, 4) is 11.4 Å². The lowest BCUT2D eigenvalue weighted by Gasteiger charge is -2.23. The quantitative estimate of drug-likeness (QED) is 0.184. The highest BCUT2D eigenvalue weighted by atomic mass is 32.2. The minimum atomic E-state index is -3.78. The number of aliphatic hydroxyl groups excluding tert-OH is 1. The van der Waals surface area contributed by atoms with Crippen LogP contribution in [0.1, 0.15) is 45.2 Å². The lowest BCUT2D eigenvalue weighted by Crippen LogP contribution is -2.28. The van der Waals surface area contributed by atoms with E-state index in [0.717, 1.165) is 0 Å². The van der Waals surface area contributed by atoms with Crippen molar-refractivity contribution in [2.45, 2.75) is 61.8 Å². The molecule has 0 spiro atoms. The fourth-order valence-electron chi connectivity index (χ4n) is 4.36. The zero-order valence-electron chi connectivity index (χ0n) is 25.0. The molecule has 0 saturated heterocycles. The number of aryl methyl sites for hydroxylation is 1. The first-order valence-corrected chi connectivity index (χ1v) is 15.4. The van der Waals surface area contributed by atoms with Crippen LogP contribution in [0.5, 0.6) is 5.75 Å². The molecule has 3 aromatic carbocycles. The van der Waals surface area contributed by atoms with Crippen molar-refractivity contribution in [3.05, 3.63) is 83.9 Å². The second-order valence-electron chi connectivity index (χ2n) is 11.4. The number of phenolic OH excluding ortho intramolecular Hbond substituents is 1. The Kier molecular flexibility index (Phi) is 9.55. The van der Waals surface area contributed by atoms with E-state index in [1.165, 1.54) is 36.0 Å². The van der Waals surface area contributed by atoms with Gasteiger partial charge in [0, 0.05) is 17.6 Å². The molecule has 1 unspecified atom stereocenters. The van der Waals surface area contributed by atoms with Crippen LogP contribution in [0.25, 0.3) is 16.7 Å². The zero-order valence-corrected chi connectivity index (χ0v) is 25.8. The Labute approximate surface area is 255 Å². The second-order valence-corrected chi connectivity index (χ2v) is 13.3. The number of carbonyl (C=O) groups excluding carboxylic acids is 2. The first-order valence-electron chi connectivity index (χ1n) is 13.9. The summed E-state index contributed by atoms with van der Waals surface area (Å²) in [6, 6.07) is 16.0. The molecular formula is C32H35N3O8S. The van der Waals surface area contributed by atoms with Gasteiger partial charge in [-0.1, -0.05) is 51.6 Å². The molecule has 232 valence electrons. The van der Waals surface area contributed by atoms with Gasteiger partial charge in [0.05, 0.1) is 16.4 Å². The maximum absolute atomic E-state index is 13.1. The topological polar surface area (TPSA) is 158 Å². The minimum absolute atomic E-state index is 0.0547. The summed E-state index contributed by atoms with van der Waals surface area (Å²) in [5.74, 6) is -1.32. The van der Waals surface area contributed by atoms with Gasteiger partial charge < -0.3 is 19.7 Å². The summed E-state index contributed by atoms with van der Waals surface area (Å²) >= 11 is 0. The third-order valence-electron chi connectivity index (χ3n) is 6.76. The van der Waals surface area contributed by atoms with Crippen LogP contribution in [0, 0.1) is 0 Å². The number of aliphatic hydroxyl groups is 1. The van der Waals surface area contributed by atoms with Crippen LogP contribution in [-0.4, -0.2) is 64.9 Å². The summed E-state index contributed by atoms with van der Waals surface area (Å²) in [4.78, 5) is 25.7. The van der Waals surface area contributed by atoms with E-state index in [-0.39, 0.29) is 46.2 Å². The molecule has 4 aromatic rings. The number of phenols is 1.